The Morgan fingerprint density at radius 3 is 2.69 bits per heavy atom. The number of amides is 1. The monoisotopic (exact) mass is 384 g/mol. The molecule has 0 bridgehead atoms. The number of carbonyl (C=O) groups excluding carboxylic acids is 1. The second-order valence-corrected chi connectivity index (χ2v) is 8.73. The van der Waals surface area contributed by atoms with Gasteiger partial charge >= 0.3 is 0 Å². The van der Waals surface area contributed by atoms with Gasteiger partial charge in [-0.3, -0.25) is 4.79 Å². The number of methoxy groups -OCH3 is 1. The molecule has 0 unspecified atom stereocenters. The molecule has 2 aliphatic heterocycles. The number of hydrogen-bond acceptors (Lipinski definition) is 4. The number of sulfonamides is 1. The van der Waals surface area contributed by atoms with Crippen LogP contribution in [0.15, 0.2) is 23.1 Å². The predicted molar refractivity (Wildman–Crippen MR) is 94.9 cm³/mol. The first-order valence-corrected chi connectivity index (χ1v) is 10.5. The lowest BCUT2D eigenvalue weighted by molar-refractivity contribution is -0.127. The summed E-state index contributed by atoms with van der Waals surface area (Å²) < 4.78 is 46.4. The number of carbonyl (C=O) groups is 1. The first-order chi connectivity index (χ1) is 12.4. The standard InChI is InChI=1S/C18H25FN2O4S/c1-25-17-8-7-15(13-16(17)19)26(23,24)21-11-3-2-5-14(21)9-12-20-10-4-6-18(20)22/h7-8,13-14H,2-6,9-12H2,1H3/t14-/m1/s1. The highest BCUT2D eigenvalue weighted by Gasteiger charge is 2.34. The Kier molecular flexibility index (Phi) is 5.82. The Morgan fingerprint density at radius 1 is 1.23 bits per heavy atom. The Hall–Kier alpha value is -1.67. The van der Waals surface area contributed by atoms with Crippen molar-refractivity contribution in [2.24, 2.45) is 0 Å². The van der Waals surface area contributed by atoms with E-state index in [1.165, 1.54) is 23.5 Å². The molecule has 0 aliphatic carbocycles. The highest BCUT2D eigenvalue weighted by Crippen LogP contribution is 2.29. The van der Waals surface area contributed by atoms with Crippen LogP contribution in [0, 0.1) is 5.82 Å². The lowest BCUT2D eigenvalue weighted by Gasteiger charge is -2.35. The zero-order valence-electron chi connectivity index (χ0n) is 15.0. The molecule has 2 fully saturated rings. The minimum absolute atomic E-state index is 0.0201. The molecule has 2 saturated heterocycles. The molecule has 6 nitrogen and oxygen atoms in total. The van der Waals surface area contributed by atoms with Crippen molar-refractivity contribution in [2.75, 3.05) is 26.7 Å². The van der Waals surface area contributed by atoms with Gasteiger partial charge in [0.1, 0.15) is 0 Å². The van der Waals surface area contributed by atoms with Crippen molar-refractivity contribution in [1.82, 2.24) is 9.21 Å². The summed E-state index contributed by atoms with van der Waals surface area (Å²) in [5.74, 6) is -0.524. The van der Waals surface area contributed by atoms with Crippen molar-refractivity contribution in [1.29, 1.82) is 0 Å². The number of halogens is 1. The number of nitrogens with zero attached hydrogens (tertiary/aromatic N) is 2. The third-order valence-corrected chi connectivity index (χ3v) is 7.15. The quantitative estimate of drug-likeness (QED) is 0.755. The van der Waals surface area contributed by atoms with Gasteiger partial charge in [-0.1, -0.05) is 6.42 Å². The molecule has 8 heteroatoms. The van der Waals surface area contributed by atoms with Crippen molar-refractivity contribution >= 4 is 15.9 Å². The summed E-state index contributed by atoms with van der Waals surface area (Å²) in [6.45, 7) is 1.75. The van der Waals surface area contributed by atoms with E-state index in [9.17, 15) is 17.6 Å². The Morgan fingerprint density at radius 2 is 2.04 bits per heavy atom. The molecular formula is C18H25FN2O4S. The molecule has 26 heavy (non-hydrogen) atoms. The van der Waals surface area contributed by atoms with Gasteiger partial charge in [0, 0.05) is 32.1 Å². The topological polar surface area (TPSA) is 66.9 Å². The van der Waals surface area contributed by atoms with Gasteiger partial charge in [0.05, 0.1) is 12.0 Å². The lowest BCUT2D eigenvalue weighted by Crippen LogP contribution is -2.45. The minimum atomic E-state index is -3.78. The van der Waals surface area contributed by atoms with Gasteiger partial charge in [-0.05, 0) is 43.9 Å². The van der Waals surface area contributed by atoms with Crippen LogP contribution in [0.2, 0.25) is 0 Å². The van der Waals surface area contributed by atoms with Gasteiger partial charge in [-0.25, -0.2) is 12.8 Å². The van der Waals surface area contributed by atoms with Crippen LogP contribution in [-0.2, 0) is 14.8 Å². The van der Waals surface area contributed by atoms with E-state index in [-0.39, 0.29) is 22.6 Å². The summed E-state index contributed by atoms with van der Waals surface area (Å²) in [6, 6.07) is 3.58. The van der Waals surface area contributed by atoms with Gasteiger partial charge < -0.3 is 9.64 Å². The van der Waals surface area contributed by atoms with Crippen molar-refractivity contribution in [3.8, 4) is 5.75 Å². The third kappa shape index (κ3) is 3.86. The smallest absolute Gasteiger partial charge is 0.243 e. The number of rotatable bonds is 6. The molecule has 2 aliphatic rings. The maximum absolute atomic E-state index is 14.0. The van der Waals surface area contributed by atoms with Crippen molar-refractivity contribution in [3.05, 3.63) is 24.0 Å². The molecule has 0 N–H and O–H groups in total. The average Bonchev–Trinajstić information content (AvgIpc) is 3.05. The number of piperidine rings is 1. The highest BCUT2D eigenvalue weighted by molar-refractivity contribution is 7.89. The molecule has 0 aromatic heterocycles. The number of likely N-dealkylation sites (tertiary alicyclic amines) is 1. The van der Waals surface area contributed by atoms with Crippen LogP contribution in [0.4, 0.5) is 4.39 Å². The first-order valence-electron chi connectivity index (χ1n) is 9.06. The number of ether oxygens (including phenoxy) is 1. The van der Waals surface area contributed by atoms with Crippen molar-refractivity contribution < 1.29 is 22.3 Å². The maximum atomic E-state index is 14.0. The molecule has 1 atom stereocenters. The van der Waals surface area contributed by atoms with E-state index in [0.717, 1.165) is 38.3 Å². The van der Waals surface area contributed by atoms with E-state index in [4.69, 9.17) is 4.74 Å². The molecule has 0 spiro atoms. The van der Waals surface area contributed by atoms with E-state index in [2.05, 4.69) is 0 Å². The van der Waals surface area contributed by atoms with E-state index in [0.29, 0.717) is 25.9 Å². The van der Waals surface area contributed by atoms with E-state index < -0.39 is 15.8 Å². The Labute approximate surface area is 154 Å². The maximum Gasteiger partial charge on any atom is 0.243 e. The third-order valence-electron chi connectivity index (χ3n) is 5.21. The van der Waals surface area contributed by atoms with Crippen LogP contribution in [0.25, 0.3) is 0 Å². The zero-order valence-corrected chi connectivity index (χ0v) is 15.8. The van der Waals surface area contributed by atoms with E-state index >= 15 is 0 Å². The Bertz CT molecular complexity index is 768. The van der Waals surface area contributed by atoms with Crippen LogP contribution in [0.5, 0.6) is 5.75 Å². The largest absolute Gasteiger partial charge is 0.494 e. The molecule has 2 heterocycles. The molecule has 0 radical (unpaired) electrons. The summed E-state index contributed by atoms with van der Waals surface area (Å²) in [6.07, 6.45) is 4.58. The van der Waals surface area contributed by atoms with Crippen LogP contribution in [0.3, 0.4) is 0 Å². The van der Waals surface area contributed by atoms with Crippen LogP contribution >= 0.6 is 0 Å². The fraction of sp³-hybridized carbons (Fsp3) is 0.611. The second-order valence-electron chi connectivity index (χ2n) is 6.83. The van der Waals surface area contributed by atoms with E-state index in [1.54, 1.807) is 0 Å². The van der Waals surface area contributed by atoms with Gasteiger partial charge in [0.25, 0.3) is 0 Å². The summed E-state index contributed by atoms with van der Waals surface area (Å²) in [7, 11) is -2.44. The minimum Gasteiger partial charge on any atom is -0.494 e. The molecule has 3 rings (SSSR count). The highest BCUT2D eigenvalue weighted by atomic mass is 32.2. The number of benzene rings is 1. The SMILES string of the molecule is COc1ccc(S(=O)(=O)N2CCCC[C@@H]2CCN2CCCC2=O)cc1F. The number of hydrogen-bond donors (Lipinski definition) is 0. The fourth-order valence-electron chi connectivity index (χ4n) is 3.77. The summed E-state index contributed by atoms with van der Waals surface area (Å²) >= 11 is 0. The molecule has 1 amide bonds. The van der Waals surface area contributed by atoms with E-state index in [1.807, 2.05) is 4.90 Å². The van der Waals surface area contributed by atoms with Crippen LogP contribution in [0.1, 0.15) is 38.5 Å². The van der Waals surface area contributed by atoms with Crippen LogP contribution in [-0.4, -0.2) is 56.3 Å². The normalized spacial score (nSPS) is 22.0. The predicted octanol–water partition coefficient (Wildman–Crippen LogP) is 2.39. The molecule has 1 aromatic rings. The molecule has 144 valence electrons. The molecule has 1 aromatic carbocycles. The zero-order chi connectivity index (χ0) is 18.7. The lowest BCUT2D eigenvalue weighted by atomic mass is 10.0. The molecule has 0 saturated carbocycles. The van der Waals surface area contributed by atoms with Gasteiger partial charge in [-0.2, -0.15) is 4.31 Å². The molecular weight excluding hydrogens is 359 g/mol. The van der Waals surface area contributed by atoms with Gasteiger partial charge in [-0.15, -0.1) is 0 Å². The van der Waals surface area contributed by atoms with Crippen molar-refractivity contribution in [3.63, 3.8) is 0 Å². The Balaban J connectivity index is 1.77. The summed E-state index contributed by atoms with van der Waals surface area (Å²) in [4.78, 5) is 13.5. The summed E-state index contributed by atoms with van der Waals surface area (Å²) in [5, 5.41) is 0. The first kappa shape index (κ1) is 19.1. The van der Waals surface area contributed by atoms with Crippen molar-refractivity contribution in [2.45, 2.75) is 49.5 Å². The summed E-state index contributed by atoms with van der Waals surface area (Å²) in [5.41, 5.74) is 0. The van der Waals surface area contributed by atoms with Crippen LogP contribution < -0.4 is 4.74 Å². The van der Waals surface area contributed by atoms with Gasteiger partial charge in [0.2, 0.25) is 15.9 Å². The van der Waals surface area contributed by atoms with Gasteiger partial charge in [0.15, 0.2) is 11.6 Å². The average molecular weight is 384 g/mol. The second kappa shape index (κ2) is 7.92. The fourth-order valence-corrected chi connectivity index (χ4v) is 5.50.